The normalized spacial score (nSPS) is 11.3. The predicted octanol–water partition coefficient (Wildman–Crippen LogP) is 4.07. The number of aliphatic imine (C=N–C) groups is 1. The molecule has 3 aromatic rings. The van der Waals surface area contributed by atoms with Crippen LogP contribution in [0, 0.1) is 0 Å². The number of nitrogens with one attached hydrogen (secondary N) is 2. The summed E-state index contributed by atoms with van der Waals surface area (Å²) in [6.45, 7) is 4.21. The van der Waals surface area contributed by atoms with E-state index in [0.717, 1.165) is 28.8 Å². The summed E-state index contributed by atoms with van der Waals surface area (Å²) in [5, 5.41) is 9.78. The topological polar surface area (TPSA) is 49.3 Å². The first kappa shape index (κ1) is 17.2. The number of aromatic nitrogens is 1. The zero-order valence-corrected chi connectivity index (χ0v) is 15.1. The van der Waals surface area contributed by atoms with Crippen molar-refractivity contribution in [3.05, 3.63) is 76.6 Å². The monoisotopic (exact) mass is 350 g/mol. The maximum absolute atomic E-state index is 4.70. The number of guanidine groups is 1. The van der Waals surface area contributed by atoms with Crippen molar-refractivity contribution in [1.82, 2.24) is 15.6 Å². The Morgan fingerprint density at radius 2 is 1.72 bits per heavy atom. The van der Waals surface area contributed by atoms with E-state index >= 15 is 0 Å². The maximum atomic E-state index is 4.70. The predicted molar refractivity (Wildman–Crippen MR) is 106 cm³/mol. The van der Waals surface area contributed by atoms with Crippen LogP contribution in [0.1, 0.15) is 17.5 Å². The van der Waals surface area contributed by atoms with Crippen LogP contribution in [0.3, 0.4) is 0 Å². The van der Waals surface area contributed by atoms with Gasteiger partial charge in [-0.15, -0.1) is 11.3 Å². The average molecular weight is 350 g/mol. The summed E-state index contributed by atoms with van der Waals surface area (Å²) >= 11 is 1.66. The highest BCUT2D eigenvalue weighted by Crippen LogP contribution is 2.21. The summed E-state index contributed by atoms with van der Waals surface area (Å²) in [7, 11) is 0. The molecule has 0 radical (unpaired) electrons. The lowest BCUT2D eigenvalue weighted by atomic mass is 10.2. The summed E-state index contributed by atoms with van der Waals surface area (Å²) in [5.41, 5.74) is 3.36. The Morgan fingerprint density at radius 3 is 2.44 bits per heavy atom. The molecule has 0 atom stereocenters. The van der Waals surface area contributed by atoms with Gasteiger partial charge in [0.1, 0.15) is 5.01 Å². The molecular formula is C20H22N4S. The van der Waals surface area contributed by atoms with E-state index in [1.54, 1.807) is 11.3 Å². The minimum atomic E-state index is 0.656. The lowest BCUT2D eigenvalue weighted by molar-refractivity contribution is 0.812. The van der Waals surface area contributed by atoms with Gasteiger partial charge in [-0.3, -0.25) is 0 Å². The molecule has 0 aliphatic rings. The van der Waals surface area contributed by atoms with Crippen molar-refractivity contribution in [2.24, 2.45) is 4.99 Å². The molecule has 0 unspecified atom stereocenters. The van der Waals surface area contributed by atoms with Gasteiger partial charge >= 0.3 is 0 Å². The number of hydrogen-bond donors (Lipinski definition) is 2. The van der Waals surface area contributed by atoms with E-state index in [1.807, 2.05) is 36.4 Å². The molecule has 1 aromatic heterocycles. The van der Waals surface area contributed by atoms with Crippen molar-refractivity contribution in [3.63, 3.8) is 0 Å². The third kappa shape index (κ3) is 5.16. The molecule has 0 aliphatic carbocycles. The number of hydrogen-bond acceptors (Lipinski definition) is 3. The molecular weight excluding hydrogens is 328 g/mol. The van der Waals surface area contributed by atoms with Gasteiger partial charge in [0.2, 0.25) is 0 Å². The van der Waals surface area contributed by atoms with Gasteiger partial charge in [0, 0.05) is 17.5 Å². The number of benzene rings is 2. The lowest BCUT2D eigenvalue weighted by Gasteiger charge is -2.10. The van der Waals surface area contributed by atoms with E-state index in [9.17, 15) is 0 Å². The first-order valence-corrected chi connectivity index (χ1v) is 9.29. The molecule has 25 heavy (non-hydrogen) atoms. The van der Waals surface area contributed by atoms with Crippen molar-refractivity contribution in [3.8, 4) is 11.3 Å². The van der Waals surface area contributed by atoms with Gasteiger partial charge in [0.05, 0.1) is 18.8 Å². The van der Waals surface area contributed by atoms with Crippen molar-refractivity contribution < 1.29 is 0 Å². The van der Waals surface area contributed by atoms with Crippen molar-refractivity contribution in [2.45, 2.75) is 20.0 Å². The van der Waals surface area contributed by atoms with Gasteiger partial charge in [-0.25, -0.2) is 9.98 Å². The summed E-state index contributed by atoms with van der Waals surface area (Å²) < 4.78 is 0. The molecule has 3 rings (SSSR count). The highest BCUT2D eigenvalue weighted by atomic mass is 32.1. The molecule has 4 nitrogen and oxygen atoms in total. The average Bonchev–Trinajstić information content (AvgIpc) is 3.15. The number of rotatable bonds is 6. The molecule has 0 saturated heterocycles. The van der Waals surface area contributed by atoms with Gasteiger partial charge in [-0.1, -0.05) is 60.7 Å². The van der Waals surface area contributed by atoms with Gasteiger partial charge < -0.3 is 10.6 Å². The summed E-state index contributed by atoms with van der Waals surface area (Å²) in [4.78, 5) is 9.34. The Labute approximate surface area is 152 Å². The van der Waals surface area contributed by atoms with Gasteiger partial charge in [0.25, 0.3) is 0 Å². The molecule has 2 aromatic carbocycles. The van der Waals surface area contributed by atoms with Crippen molar-refractivity contribution in [1.29, 1.82) is 0 Å². The van der Waals surface area contributed by atoms with Gasteiger partial charge in [-0.2, -0.15) is 0 Å². The molecule has 0 saturated carbocycles. The Hall–Kier alpha value is -2.66. The summed E-state index contributed by atoms with van der Waals surface area (Å²) in [6.07, 6.45) is 0. The Balaban J connectivity index is 1.61. The second kappa shape index (κ2) is 8.99. The van der Waals surface area contributed by atoms with Crippen LogP contribution in [0.4, 0.5) is 0 Å². The zero-order chi connectivity index (χ0) is 17.3. The van der Waals surface area contributed by atoms with Crippen LogP contribution in [0.15, 0.2) is 71.0 Å². The third-order valence-electron chi connectivity index (χ3n) is 3.64. The number of nitrogens with zero attached hydrogens (tertiary/aromatic N) is 2. The maximum Gasteiger partial charge on any atom is 0.191 e. The van der Waals surface area contributed by atoms with Gasteiger partial charge in [0.15, 0.2) is 5.96 Å². The number of thiazole rings is 1. The van der Waals surface area contributed by atoms with Crippen LogP contribution in [-0.2, 0) is 13.1 Å². The zero-order valence-electron chi connectivity index (χ0n) is 14.3. The fourth-order valence-corrected chi connectivity index (χ4v) is 3.13. The minimum absolute atomic E-state index is 0.656. The van der Waals surface area contributed by atoms with E-state index < -0.39 is 0 Å². The highest BCUT2D eigenvalue weighted by molar-refractivity contribution is 7.09. The molecule has 0 bridgehead atoms. The van der Waals surface area contributed by atoms with Gasteiger partial charge in [-0.05, 0) is 12.5 Å². The molecule has 0 amide bonds. The second-order valence-electron chi connectivity index (χ2n) is 5.53. The minimum Gasteiger partial charge on any atom is -0.357 e. The molecule has 0 aliphatic heterocycles. The summed E-state index contributed by atoms with van der Waals surface area (Å²) in [6, 6.07) is 20.5. The van der Waals surface area contributed by atoms with Crippen LogP contribution in [0.25, 0.3) is 11.3 Å². The quantitative estimate of drug-likeness (QED) is 0.520. The fourth-order valence-electron chi connectivity index (χ4n) is 2.39. The Morgan fingerprint density at radius 1 is 1.00 bits per heavy atom. The van der Waals surface area contributed by atoms with Crippen LogP contribution < -0.4 is 10.6 Å². The largest absolute Gasteiger partial charge is 0.357 e. The smallest absolute Gasteiger partial charge is 0.191 e. The van der Waals surface area contributed by atoms with E-state index in [2.05, 4.69) is 52.2 Å². The molecule has 1 heterocycles. The first-order chi connectivity index (χ1) is 12.3. The van der Waals surface area contributed by atoms with E-state index in [-0.39, 0.29) is 0 Å². The first-order valence-electron chi connectivity index (χ1n) is 8.41. The molecule has 5 heteroatoms. The SMILES string of the molecule is CCNC(=NCc1ccccc1)NCc1nc(-c2ccccc2)cs1. The van der Waals surface area contributed by atoms with Crippen LogP contribution in [0.5, 0.6) is 0 Å². The highest BCUT2D eigenvalue weighted by Gasteiger charge is 2.05. The van der Waals surface area contributed by atoms with Crippen molar-refractivity contribution >= 4 is 17.3 Å². The van der Waals surface area contributed by atoms with E-state index in [1.165, 1.54) is 5.56 Å². The molecule has 128 valence electrons. The molecule has 0 spiro atoms. The van der Waals surface area contributed by atoms with E-state index in [4.69, 9.17) is 4.98 Å². The lowest BCUT2D eigenvalue weighted by Crippen LogP contribution is -2.36. The third-order valence-corrected chi connectivity index (χ3v) is 4.48. The molecule has 2 N–H and O–H groups in total. The van der Waals surface area contributed by atoms with Crippen molar-refractivity contribution in [2.75, 3.05) is 6.54 Å². The standard InChI is InChI=1S/C20H22N4S/c1-2-21-20(22-13-16-9-5-3-6-10-16)23-14-19-24-18(15-25-19)17-11-7-4-8-12-17/h3-12,15H,2,13-14H2,1H3,(H2,21,22,23). The van der Waals surface area contributed by atoms with Crippen LogP contribution in [-0.4, -0.2) is 17.5 Å². The van der Waals surface area contributed by atoms with Crippen LogP contribution >= 0.6 is 11.3 Å². The fraction of sp³-hybridized carbons (Fsp3) is 0.200. The van der Waals surface area contributed by atoms with E-state index in [0.29, 0.717) is 13.1 Å². The Bertz CT molecular complexity index is 797. The summed E-state index contributed by atoms with van der Waals surface area (Å²) in [5.74, 6) is 0.808. The van der Waals surface area contributed by atoms with Crippen LogP contribution in [0.2, 0.25) is 0 Å². The second-order valence-corrected chi connectivity index (χ2v) is 6.47. The molecule has 0 fully saturated rings. The Kier molecular flexibility index (Phi) is 6.17.